The summed E-state index contributed by atoms with van der Waals surface area (Å²) in [5.41, 5.74) is 3.82. The normalized spacial score (nSPS) is 23.6. The van der Waals surface area contributed by atoms with E-state index < -0.39 is 0 Å². The molecule has 1 aromatic carbocycles. The highest BCUT2D eigenvalue weighted by molar-refractivity contribution is 5.96. The molecule has 4 heteroatoms. The number of nitrogens with one attached hydrogen (secondary N) is 2. The molecule has 2 atom stereocenters. The Labute approximate surface area is 123 Å². The van der Waals surface area contributed by atoms with E-state index in [9.17, 15) is 4.79 Å². The van der Waals surface area contributed by atoms with E-state index in [1.54, 1.807) is 0 Å². The van der Waals surface area contributed by atoms with E-state index in [-0.39, 0.29) is 11.8 Å². The van der Waals surface area contributed by atoms with Gasteiger partial charge in [0.15, 0.2) is 0 Å². The minimum Gasteiger partial charge on any atom is -0.356 e. The fourth-order valence-electron chi connectivity index (χ4n) is 3.53. The van der Waals surface area contributed by atoms with Gasteiger partial charge in [-0.25, -0.2) is 0 Å². The van der Waals surface area contributed by atoms with E-state index in [1.807, 2.05) is 6.92 Å². The molecular weight excluding hydrogens is 262 g/mol. The van der Waals surface area contributed by atoms with E-state index in [0.717, 1.165) is 6.54 Å². The van der Waals surface area contributed by atoms with Gasteiger partial charge >= 0.3 is 0 Å². The lowest BCUT2D eigenvalue weighted by Gasteiger charge is -2.34. The highest BCUT2D eigenvalue weighted by Gasteiger charge is 2.31. The van der Waals surface area contributed by atoms with Crippen LogP contribution >= 0.6 is 0 Å². The molecule has 1 aromatic heterocycles. The molecule has 0 saturated heterocycles. The van der Waals surface area contributed by atoms with Crippen molar-refractivity contribution in [1.29, 1.82) is 0 Å². The molecule has 0 fully saturated rings. The Kier molecular flexibility index (Phi) is 2.86. The molecule has 0 saturated carbocycles. The van der Waals surface area contributed by atoms with Crippen molar-refractivity contribution in [1.82, 2.24) is 15.2 Å². The van der Waals surface area contributed by atoms with Gasteiger partial charge in [0.25, 0.3) is 0 Å². The monoisotopic (exact) mass is 281 g/mol. The number of rotatable bonds is 2. The highest BCUT2D eigenvalue weighted by atomic mass is 16.1. The standard InChI is InChI=1S/C17H19N3O/c1-2-18-17(21)12-8-14-13-5-3-4-11-6-7-20(16(11)13)10-15(14)19-9-12/h3-8,12,15,19H,2,9-10H2,1H3,(H,18,21)/t12-,15-/m0/s1. The smallest absolute Gasteiger partial charge is 0.228 e. The topological polar surface area (TPSA) is 46.1 Å². The molecule has 21 heavy (non-hydrogen) atoms. The number of carbonyl (C=O) groups excluding carboxylic acids is 1. The number of nitrogens with zero attached hydrogens (tertiary/aromatic N) is 1. The Morgan fingerprint density at radius 1 is 1.43 bits per heavy atom. The number of carbonyl (C=O) groups is 1. The molecule has 2 aliphatic heterocycles. The van der Waals surface area contributed by atoms with Crippen molar-refractivity contribution in [3.05, 3.63) is 42.1 Å². The molecular formula is C17H19N3O. The fourth-order valence-corrected chi connectivity index (χ4v) is 3.53. The van der Waals surface area contributed by atoms with Crippen LogP contribution < -0.4 is 10.6 Å². The largest absolute Gasteiger partial charge is 0.356 e. The zero-order chi connectivity index (χ0) is 14.4. The van der Waals surface area contributed by atoms with E-state index in [0.29, 0.717) is 19.1 Å². The van der Waals surface area contributed by atoms with E-state index in [2.05, 4.69) is 51.7 Å². The molecule has 0 unspecified atom stereocenters. The van der Waals surface area contributed by atoms with Crippen molar-refractivity contribution in [2.45, 2.75) is 19.5 Å². The minimum atomic E-state index is -0.0760. The third-order valence-electron chi connectivity index (χ3n) is 4.51. The summed E-state index contributed by atoms with van der Waals surface area (Å²) in [6.45, 7) is 4.29. The van der Waals surface area contributed by atoms with Crippen LogP contribution in [0.15, 0.2) is 36.5 Å². The van der Waals surface area contributed by atoms with Crippen molar-refractivity contribution in [3.8, 4) is 0 Å². The maximum Gasteiger partial charge on any atom is 0.228 e. The summed E-state index contributed by atoms with van der Waals surface area (Å²) in [6.07, 6.45) is 4.32. The Balaban J connectivity index is 1.81. The van der Waals surface area contributed by atoms with Crippen LogP contribution in [-0.2, 0) is 11.3 Å². The third-order valence-corrected chi connectivity index (χ3v) is 4.51. The van der Waals surface area contributed by atoms with E-state index in [1.165, 1.54) is 22.0 Å². The maximum absolute atomic E-state index is 12.1. The summed E-state index contributed by atoms with van der Waals surface area (Å²) in [5, 5.41) is 7.73. The van der Waals surface area contributed by atoms with Gasteiger partial charge in [-0.05, 0) is 18.6 Å². The molecule has 0 spiro atoms. The molecule has 2 N–H and O–H groups in total. The Morgan fingerprint density at radius 2 is 2.33 bits per heavy atom. The predicted molar refractivity (Wildman–Crippen MR) is 83.9 cm³/mol. The van der Waals surface area contributed by atoms with Crippen molar-refractivity contribution < 1.29 is 4.79 Å². The van der Waals surface area contributed by atoms with Crippen LogP contribution in [0.25, 0.3) is 16.5 Å². The van der Waals surface area contributed by atoms with Crippen molar-refractivity contribution in [3.63, 3.8) is 0 Å². The minimum absolute atomic E-state index is 0.0760. The first kappa shape index (κ1) is 12.7. The van der Waals surface area contributed by atoms with Crippen LogP contribution in [0.2, 0.25) is 0 Å². The van der Waals surface area contributed by atoms with Crippen LogP contribution in [0, 0.1) is 5.92 Å². The van der Waals surface area contributed by atoms with Gasteiger partial charge in [-0.1, -0.05) is 24.3 Å². The third kappa shape index (κ3) is 1.90. The van der Waals surface area contributed by atoms with Gasteiger partial charge in [-0.15, -0.1) is 0 Å². The molecule has 2 aliphatic rings. The predicted octanol–water partition coefficient (Wildman–Crippen LogP) is 1.76. The maximum atomic E-state index is 12.1. The van der Waals surface area contributed by atoms with Crippen molar-refractivity contribution in [2.24, 2.45) is 5.92 Å². The highest BCUT2D eigenvalue weighted by Crippen LogP contribution is 2.35. The first-order valence-electron chi connectivity index (χ1n) is 7.59. The van der Waals surface area contributed by atoms with Gasteiger partial charge in [0, 0.05) is 36.8 Å². The Bertz CT molecular complexity index is 744. The molecule has 3 heterocycles. The number of amides is 1. The van der Waals surface area contributed by atoms with Gasteiger partial charge in [0.1, 0.15) is 0 Å². The quantitative estimate of drug-likeness (QED) is 0.881. The molecule has 0 aliphatic carbocycles. The van der Waals surface area contributed by atoms with Crippen LogP contribution in [0.3, 0.4) is 0 Å². The number of fused-ring (bicyclic) bond motifs is 2. The van der Waals surface area contributed by atoms with Crippen LogP contribution in [0.5, 0.6) is 0 Å². The second-order valence-corrected chi connectivity index (χ2v) is 5.80. The SMILES string of the molecule is CCNC(=O)[C@H]1C=C2c3cccc4ccn(c34)C[C@@H]2NC1. The van der Waals surface area contributed by atoms with E-state index >= 15 is 0 Å². The molecule has 1 amide bonds. The summed E-state index contributed by atoms with van der Waals surface area (Å²) in [4.78, 5) is 12.1. The Hall–Kier alpha value is -2.07. The lowest BCUT2D eigenvalue weighted by atomic mass is 9.87. The average Bonchev–Trinajstić information content (AvgIpc) is 2.92. The molecule has 4 rings (SSSR count). The number of aromatic nitrogens is 1. The zero-order valence-corrected chi connectivity index (χ0v) is 12.1. The van der Waals surface area contributed by atoms with Crippen molar-refractivity contribution in [2.75, 3.05) is 13.1 Å². The van der Waals surface area contributed by atoms with Gasteiger partial charge in [0.05, 0.1) is 17.5 Å². The van der Waals surface area contributed by atoms with Gasteiger partial charge in [-0.2, -0.15) is 0 Å². The van der Waals surface area contributed by atoms with E-state index in [4.69, 9.17) is 0 Å². The first-order valence-corrected chi connectivity index (χ1v) is 7.59. The second-order valence-electron chi connectivity index (χ2n) is 5.80. The summed E-state index contributed by atoms with van der Waals surface area (Å²) in [7, 11) is 0. The average molecular weight is 281 g/mol. The first-order chi connectivity index (χ1) is 10.3. The lowest BCUT2D eigenvalue weighted by Crippen LogP contribution is -2.46. The van der Waals surface area contributed by atoms with Crippen LogP contribution in [-0.4, -0.2) is 29.6 Å². The van der Waals surface area contributed by atoms with Gasteiger partial charge < -0.3 is 15.2 Å². The summed E-state index contributed by atoms with van der Waals surface area (Å²) < 4.78 is 2.31. The number of para-hydroxylation sites is 1. The summed E-state index contributed by atoms with van der Waals surface area (Å²) in [5.74, 6) is 0.0389. The lowest BCUT2D eigenvalue weighted by molar-refractivity contribution is -0.123. The second kappa shape index (κ2) is 4.74. The van der Waals surface area contributed by atoms with Gasteiger partial charge in [-0.3, -0.25) is 4.79 Å². The zero-order valence-electron chi connectivity index (χ0n) is 12.1. The Morgan fingerprint density at radius 3 is 3.19 bits per heavy atom. The molecule has 108 valence electrons. The molecule has 4 nitrogen and oxygen atoms in total. The number of hydrogen-bond donors (Lipinski definition) is 2. The molecule has 2 aromatic rings. The summed E-state index contributed by atoms with van der Waals surface area (Å²) >= 11 is 0. The van der Waals surface area contributed by atoms with Crippen LogP contribution in [0.4, 0.5) is 0 Å². The number of benzene rings is 1. The fraction of sp³-hybridized carbons (Fsp3) is 0.353. The number of hydrogen-bond acceptors (Lipinski definition) is 2. The van der Waals surface area contributed by atoms with Crippen LogP contribution in [0.1, 0.15) is 12.5 Å². The van der Waals surface area contributed by atoms with Gasteiger partial charge in [0.2, 0.25) is 5.91 Å². The summed E-state index contributed by atoms with van der Waals surface area (Å²) in [6, 6.07) is 8.88. The molecule has 0 bridgehead atoms. The van der Waals surface area contributed by atoms with Crippen molar-refractivity contribution >= 4 is 22.4 Å². The molecule has 0 radical (unpaired) electrons.